The van der Waals surface area contributed by atoms with E-state index < -0.39 is 11.7 Å². The predicted octanol–water partition coefficient (Wildman–Crippen LogP) is 4.31. The van der Waals surface area contributed by atoms with E-state index >= 15 is 0 Å². The number of thioether (sulfide) groups is 1. The summed E-state index contributed by atoms with van der Waals surface area (Å²) in [7, 11) is 0. The van der Waals surface area contributed by atoms with Crippen LogP contribution >= 0.6 is 23.1 Å². The quantitative estimate of drug-likeness (QED) is 0.773. The lowest BCUT2D eigenvalue weighted by atomic mass is 10.2. The number of thiophene rings is 1. The van der Waals surface area contributed by atoms with Crippen molar-refractivity contribution in [3.8, 4) is 0 Å². The first kappa shape index (κ1) is 16.0. The Morgan fingerprint density at radius 1 is 1.13 bits per heavy atom. The topological polar surface area (TPSA) is 37.4 Å². The van der Waals surface area contributed by atoms with Gasteiger partial charge in [0.05, 0.1) is 16.2 Å². The normalized spacial score (nSPS) is 15.2. The second kappa shape index (κ2) is 6.29. The maximum Gasteiger partial charge on any atom is 0.272 e. The molecule has 0 aliphatic carbocycles. The van der Waals surface area contributed by atoms with E-state index in [1.807, 2.05) is 31.4 Å². The molecule has 23 heavy (non-hydrogen) atoms. The minimum Gasteiger partial charge on any atom is -0.268 e. The number of hydrogen-bond donors (Lipinski definition) is 0. The fourth-order valence-electron chi connectivity index (χ4n) is 2.34. The Kier molecular flexibility index (Phi) is 4.37. The van der Waals surface area contributed by atoms with E-state index in [-0.39, 0.29) is 16.8 Å². The molecule has 1 aromatic heterocycles. The zero-order valence-electron chi connectivity index (χ0n) is 12.6. The van der Waals surface area contributed by atoms with Gasteiger partial charge in [-0.25, -0.2) is 9.29 Å². The number of nitrogens with zero attached hydrogens (tertiary/aromatic N) is 1. The van der Waals surface area contributed by atoms with E-state index in [4.69, 9.17) is 0 Å². The second-order valence-electron chi connectivity index (χ2n) is 5.27. The zero-order chi connectivity index (χ0) is 16.6. The lowest BCUT2D eigenvalue weighted by molar-refractivity contribution is -0.119. The third-order valence-corrected chi connectivity index (χ3v) is 5.20. The Bertz CT molecular complexity index is 797. The Labute approximate surface area is 141 Å². The van der Waals surface area contributed by atoms with Gasteiger partial charge in [-0.05, 0) is 29.6 Å². The van der Waals surface area contributed by atoms with Crippen LogP contribution in [0.2, 0.25) is 0 Å². The average molecular weight is 347 g/mol. The van der Waals surface area contributed by atoms with Crippen molar-refractivity contribution in [2.45, 2.75) is 19.1 Å². The molecule has 0 atom stereocenters. The van der Waals surface area contributed by atoms with Crippen molar-refractivity contribution in [2.24, 2.45) is 0 Å². The van der Waals surface area contributed by atoms with Crippen molar-refractivity contribution in [1.29, 1.82) is 0 Å². The zero-order valence-corrected chi connectivity index (χ0v) is 14.2. The maximum absolute atomic E-state index is 13.5. The first-order valence-electron chi connectivity index (χ1n) is 7.08. The Morgan fingerprint density at radius 3 is 2.52 bits per heavy atom. The van der Waals surface area contributed by atoms with Crippen LogP contribution in [0.4, 0.5) is 10.1 Å². The molecule has 2 aromatic rings. The first-order valence-corrected chi connectivity index (χ1v) is 8.84. The number of carbonyl (C=O) groups excluding carboxylic acids is 2. The maximum atomic E-state index is 13.5. The molecule has 0 spiro atoms. The third-order valence-electron chi connectivity index (χ3n) is 3.23. The highest BCUT2D eigenvalue weighted by Crippen LogP contribution is 2.41. The molecule has 3 nitrogen and oxygen atoms in total. The van der Waals surface area contributed by atoms with Crippen molar-refractivity contribution in [1.82, 2.24) is 0 Å². The summed E-state index contributed by atoms with van der Waals surface area (Å²) < 4.78 is 13.5. The molecule has 118 valence electrons. The molecule has 1 aliphatic heterocycles. The minimum atomic E-state index is -0.481. The van der Waals surface area contributed by atoms with Crippen molar-refractivity contribution in [3.63, 3.8) is 0 Å². The van der Waals surface area contributed by atoms with Crippen LogP contribution in [0.1, 0.15) is 18.7 Å². The van der Waals surface area contributed by atoms with Gasteiger partial charge in [0.15, 0.2) is 0 Å². The Morgan fingerprint density at radius 2 is 1.91 bits per heavy atom. The summed E-state index contributed by atoms with van der Waals surface area (Å²) in [5.41, 5.74) is 0.668. The summed E-state index contributed by atoms with van der Waals surface area (Å²) in [6.45, 7) is 3.93. The van der Waals surface area contributed by atoms with Crippen molar-refractivity contribution in [3.05, 3.63) is 57.4 Å². The fraction of sp³-hybridized carbons (Fsp3) is 0.176. The summed E-state index contributed by atoms with van der Waals surface area (Å²) >= 11 is 2.78. The molecular formula is C17H14FNO2S2. The van der Waals surface area contributed by atoms with Crippen molar-refractivity contribution in [2.75, 3.05) is 4.90 Å². The number of amides is 2. The van der Waals surface area contributed by atoms with E-state index in [9.17, 15) is 14.0 Å². The van der Waals surface area contributed by atoms with Crippen LogP contribution < -0.4 is 4.90 Å². The van der Waals surface area contributed by atoms with Gasteiger partial charge >= 0.3 is 0 Å². The van der Waals surface area contributed by atoms with Crippen LogP contribution in [-0.4, -0.2) is 17.1 Å². The van der Waals surface area contributed by atoms with Gasteiger partial charge in [-0.1, -0.05) is 26.0 Å². The summed E-state index contributed by atoms with van der Waals surface area (Å²) in [5.74, 6) is -1.26. The summed E-state index contributed by atoms with van der Waals surface area (Å²) in [6, 6.07) is 9.20. The van der Waals surface area contributed by atoms with Crippen LogP contribution in [0.5, 0.6) is 0 Å². The predicted molar refractivity (Wildman–Crippen MR) is 92.9 cm³/mol. The number of rotatable bonds is 4. The molecule has 0 unspecified atom stereocenters. The molecule has 0 bridgehead atoms. The lowest BCUT2D eigenvalue weighted by Crippen LogP contribution is -2.31. The van der Waals surface area contributed by atoms with Gasteiger partial charge in [0, 0.05) is 10.1 Å². The van der Waals surface area contributed by atoms with Gasteiger partial charge < -0.3 is 0 Å². The highest BCUT2D eigenvalue weighted by atomic mass is 32.2. The van der Waals surface area contributed by atoms with Crippen LogP contribution in [0, 0.1) is 5.82 Å². The minimum absolute atomic E-state index is 0.157. The molecule has 6 heteroatoms. The van der Waals surface area contributed by atoms with Crippen molar-refractivity contribution < 1.29 is 14.0 Å². The van der Waals surface area contributed by atoms with Gasteiger partial charge in [0.2, 0.25) is 0 Å². The van der Waals surface area contributed by atoms with E-state index in [0.29, 0.717) is 10.5 Å². The van der Waals surface area contributed by atoms with Gasteiger partial charge in [0.25, 0.3) is 11.8 Å². The summed E-state index contributed by atoms with van der Waals surface area (Å²) in [5, 5.41) is 2.02. The van der Waals surface area contributed by atoms with Gasteiger partial charge in [0.1, 0.15) is 5.82 Å². The average Bonchev–Trinajstić information content (AvgIpc) is 3.07. The Balaban J connectivity index is 2.09. The number of halogens is 1. The van der Waals surface area contributed by atoms with Gasteiger partial charge in [-0.3, -0.25) is 9.59 Å². The van der Waals surface area contributed by atoms with E-state index in [1.54, 1.807) is 6.07 Å². The van der Waals surface area contributed by atoms with Gasteiger partial charge in [-0.2, -0.15) is 0 Å². The molecule has 1 aromatic carbocycles. The highest BCUT2D eigenvalue weighted by molar-refractivity contribution is 8.04. The monoisotopic (exact) mass is 347 g/mol. The van der Waals surface area contributed by atoms with Crippen LogP contribution in [0.3, 0.4) is 0 Å². The standard InChI is InChI=1S/C17H14FNO2S2/c1-10(2)23-15-14(13-7-4-8-22-13)16(20)19(17(15)21)12-6-3-5-11(18)9-12/h3-10H,1-2H3. The highest BCUT2D eigenvalue weighted by Gasteiger charge is 2.40. The lowest BCUT2D eigenvalue weighted by Gasteiger charge is -2.15. The largest absolute Gasteiger partial charge is 0.272 e. The number of anilines is 1. The number of imide groups is 1. The molecule has 2 amide bonds. The third kappa shape index (κ3) is 2.96. The molecule has 3 rings (SSSR count). The molecule has 0 fully saturated rings. The molecule has 1 aliphatic rings. The van der Waals surface area contributed by atoms with E-state index in [1.165, 1.54) is 41.3 Å². The molecule has 0 saturated heterocycles. The number of benzene rings is 1. The fourth-order valence-corrected chi connectivity index (χ4v) is 4.15. The van der Waals surface area contributed by atoms with Crippen LogP contribution in [0.15, 0.2) is 46.7 Å². The second-order valence-corrected chi connectivity index (χ2v) is 7.81. The van der Waals surface area contributed by atoms with Crippen molar-refractivity contribution >= 4 is 46.2 Å². The first-order chi connectivity index (χ1) is 11.0. The van der Waals surface area contributed by atoms with E-state index in [2.05, 4.69) is 0 Å². The number of hydrogen-bond acceptors (Lipinski definition) is 4. The summed E-state index contributed by atoms with van der Waals surface area (Å²) in [6.07, 6.45) is 0. The number of carbonyl (C=O) groups is 2. The van der Waals surface area contributed by atoms with Crippen LogP contribution in [-0.2, 0) is 9.59 Å². The Hall–Kier alpha value is -1.92. The van der Waals surface area contributed by atoms with Gasteiger partial charge in [-0.15, -0.1) is 23.1 Å². The molecule has 0 radical (unpaired) electrons. The molecule has 2 heterocycles. The van der Waals surface area contributed by atoms with Crippen LogP contribution in [0.25, 0.3) is 5.57 Å². The molecular weight excluding hydrogens is 333 g/mol. The smallest absolute Gasteiger partial charge is 0.268 e. The molecule has 0 saturated carbocycles. The van der Waals surface area contributed by atoms with E-state index in [0.717, 1.165) is 9.78 Å². The summed E-state index contributed by atoms with van der Waals surface area (Å²) in [4.78, 5) is 27.9. The molecule has 0 N–H and O–H groups in total. The SMILES string of the molecule is CC(C)SC1=C(c2cccs2)C(=O)N(c2cccc(F)c2)C1=O.